The van der Waals surface area contributed by atoms with Gasteiger partial charge in [0.25, 0.3) is 5.91 Å². The third kappa shape index (κ3) is 2.76. The van der Waals surface area contributed by atoms with E-state index in [1.165, 1.54) is 12.5 Å². The van der Waals surface area contributed by atoms with Gasteiger partial charge >= 0.3 is 0 Å². The molecule has 1 aromatic carbocycles. The summed E-state index contributed by atoms with van der Waals surface area (Å²) in [6.45, 7) is 0. The van der Waals surface area contributed by atoms with Crippen molar-refractivity contribution in [2.45, 2.75) is 6.42 Å². The Morgan fingerprint density at radius 2 is 2.00 bits per heavy atom. The summed E-state index contributed by atoms with van der Waals surface area (Å²) >= 11 is 0. The van der Waals surface area contributed by atoms with Crippen LogP contribution in [0.25, 0.3) is 0 Å². The molecule has 0 saturated carbocycles. The molecule has 5 heteroatoms. The first-order valence-corrected chi connectivity index (χ1v) is 5.36. The van der Waals surface area contributed by atoms with Crippen molar-refractivity contribution in [3.05, 3.63) is 54.0 Å². The largest absolute Gasteiger partial charge is 0.472 e. The van der Waals surface area contributed by atoms with Crippen LogP contribution in [0, 0.1) is 0 Å². The van der Waals surface area contributed by atoms with E-state index in [4.69, 9.17) is 10.2 Å². The first-order chi connectivity index (χ1) is 8.66. The molecule has 0 radical (unpaired) electrons. The molecule has 1 aromatic heterocycles. The summed E-state index contributed by atoms with van der Waals surface area (Å²) < 4.78 is 4.83. The zero-order valence-electron chi connectivity index (χ0n) is 9.55. The van der Waals surface area contributed by atoms with Gasteiger partial charge in [-0.2, -0.15) is 0 Å². The Kier molecular flexibility index (Phi) is 3.43. The maximum absolute atomic E-state index is 11.8. The molecule has 2 rings (SSSR count). The van der Waals surface area contributed by atoms with E-state index in [1.54, 1.807) is 30.3 Å². The Balaban J connectivity index is 2.18. The van der Waals surface area contributed by atoms with Gasteiger partial charge in [0.05, 0.1) is 18.2 Å². The van der Waals surface area contributed by atoms with Gasteiger partial charge in [0.1, 0.15) is 6.26 Å². The van der Waals surface area contributed by atoms with Crippen LogP contribution in [0.15, 0.2) is 47.3 Å². The van der Waals surface area contributed by atoms with E-state index in [0.717, 1.165) is 0 Å². The maximum atomic E-state index is 11.8. The quantitative estimate of drug-likeness (QED) is 0.855. The smallest absolute Gasteiger partial charge is 0.258 e. The number of nitrogens with one attached hydrogen (secondary N) is 1. The molecule has 0 spiro atoms. The van der Waals surface area contributed by atoms with E-state index in [2.05, 4.69) is 5.32 Å². The van der Waals surface area contributed by atoms with Crippen molar-refractivity contribution >= 4 is 17.5 Å². The third-order valence-corrected chi connectivity index (χ3v) is 2.41. The number of anilines is 1. The van der Waals surface area contributed by atoms with Crippen LogP contribution in [0.3, 0.4) is 0 Å². The topological polar surface area (TPSA) is 85.3 Å². The highest BCUT2D eigenvalue weighted by atomic mass is 16.3. The lowest BCUT2D eigenvalue weighted by atomic mass is 10.1. The standard InChI is InChI=1S/C13H12N2O3/c14-12(16)7-9-3-1-2-4-11(9)15-13(17)10-5-6-18-8-10/h1-6,8H,7H2,(H2,14,16)(H,15,17). The minimum atomic E-state index is -0.444. The lowest BCUT2D eigenvalue weighted by Crippen LogP contribution is -2.17. The molecule has 0 fully saturated rings. The Hall–Kier alpha value is -2.56. The van der Waals surface area contributed by atoms with E-state index in [9.17, 15) is 9.59 Å². The van der Waals surface area contributed by atoms with Crippen LogP contribution in [0.5, 0.6) is 0 Å². The van der Waals surface area contributed by atoms with Gasteiger partial charge in [-0.3, -0.25) is 9.59 Å². The number of furan rings is 1. The summed E-state index contributed by atoms with van der Waals surface area (Å²) in [6, 6.07) is 8.58. The number of rotatable bonds is 4. The normalized spacial score (nSPS) is 10.0. The molecule has 0 aliphatic heterocycles. The number of amides is 2. The molecule has 0 aliphatic carbocycles. The molecule has 1 heterocycles. The van der Waals surface area contributed by atoms with Crippen LogP contribution in [0.4, 0.5) is 5.69 Å². The van der Waals surface area contributed by atoms with E-state index in [1.807, 2.05) is 0 Å². The van der Waals surface area contributed by atoms with Gasteiger partial charge in [0.2, 0.25) is 5.91 Å². The van der Waals surface area contributed by atoms with Crippen LogP contribution < -0.4 is 11.1 Å². The molecule has 2 amide bonds. The van der Waals surface area contributed by atoms with Crippen molar-refractivity contribution < 1.29 is 14.0 Å². The SMILES string of the molecule is NC(=O)Cc1ccccc1NC(=O)c1ccoc1. The first kappa shape index (κ1) is 11.9. The molecule has 2 aromatic rings. The average Bonchev–Trinajstić information content (AvgIpc) is 2.84. The fraction of sp³-hybridized carbons (Fsp3) is 0.0769. The van der Waals surface area contributed by atoms with Crippen molar-refractivity contribution in [2.75, 3.05) is 5.32 Å². The minimum Gasteiger partial charge on any atom is -0.472 e. The number of hydrogen-bond donors (Lipinski definition) is 2. The lowest BCUT2D eigenvalue weighted by Gasteiger charge is -2.08. The van der Waals surface area contributed by atoms with Crippen molar-refractivity contribution in [3.63, 3.8) is 0 Å². The Morgan fingerprint density at radius 3 is 2.67 bits per heavy atom. The minimum absolute atomic E-state index is 0.0852. The fourth-order valence-corrected chi connectivity index (χ4v) is 1.57. The number of carbonyl (C=O) groups is 2. The van der Waals surface area contributed by atoms with Crippen LogP contribution in [-0.2, 0) is 11.2 Å². The molecule has 5 nitrogen and oxygen atoms in total. The van der Waals surface area contributed by atoms with Gasteiger partial charge in [-0.15, -0.1) is 0 Å². The van der Waals surface area contributed by atoms with Crippen molar-refractivity contribution in [2.24, 2.45) is 5.73 Å². The summed E-state index contributed by atoms with van der Waals surface area (Å²) in [6.07, 6.45) is 2.86. The molecule has 0 aliphatic rings. The average molecular weight is 244 g/mol. The van der Waals surface area contributed by atoms with E-state index >= 15 is 0 Å². The second-order valence-electron chi connectivity index (χ2n) is 3.77. The van der Waals surface area contributed by atoms with Crippen LogP contribution in [0.2, 0.25) is 0 Å². The Labute approximate surface area is 104 Å². The molecule has 0 unspecified atom stereocenters. The van der Waals surface area contributed by atoms with Gasteiger partial charge in [-0.05, 0) is 17.7 Å². The first-order valence-electron chi connectivity index (χ1n) is 5.36. The van der Waals surface area contributed by atoms with Crippen LogP contribution in [0.1, 0.15) is 15.9 Å². The Morgan fingerprint density at radius 1 is 1.22 bits per heavy atom. The maximum Gasteiger partial charge on any atom is 0.258 e. The van der Waals surface area contributed by atoms with E-state index in [0.29, 0.717) is 16.8 Å². The van der Waals surface area contributed by atoms with Crippen molar-refractivity contribution in [1.82, 2.24) is 0 Å². The molecular formula is C13H12N2O3. The van der Waals surface area contributed by atoms with Gasteiger partial charge in [-0.25, -0.2) is 0 Å². The summed E-state index contributed by atoms with van der Waals surface area (Å²) in [7, 11) is 0. The number of para-hydroxylation sites is 1. The number of nitrogens with two attached hydrogens (primary N) is 1. The molecule has 92 valence electrons. The predicted molar refractivity (Wildman–Crippen MR) is 66.0 cm³/mol. The molecular weight excluding hydrogens is 232 g/mol. The monoisotopic (exact) mass is 244 g/mol. The van der Waals surface area contributed by atoms with Gasteiger partial charge < -0.3 is 15.5 Å². The lowest BCUT2D eigenvalue weighted by molar-refractivity contribution is -0.117. The molecule has 0 saturated heterocycles. The summed E-state index contributed by atoms with van der Waals surface area (Å²) in [5, 5.41) is 2.71. The third-order valence-electron chi connectivity index (χ3n) is 2.41. The second kappa shape index (κ2) is 5.18. The summed E-state index contributed by atoms with van der Waals surface area (Å²) in [5.74, 6) is -0.735. The highest BCUT2D eigenvalue weighted by Crippen LogP contribution is 2.16. The van der Waals surface area contributed by atoms with Crippen molar-refractivity contribution in [1.29, 1.82) is 0 Å². The van der Waals surface area contributed by atoms with Crippen LogP contribution >= 0.6 is 0 Å². The summed E-state index contributed by atoms with van der Waals surface area (Å²) in [4.78, 5) is 22.8. The Bertz CT molecular complexity index is 561. The van der Waals surface area contributed by atoms with E-state index in [-0.39, 0.29) is 12.3 Å². The highest BCUT2D eigenvalue weighted by Gasteiger charge is 2.10. The number of hydrogen-bond acceptors (Lipinski definition) is 3. The zero-order chi connectivity index (χ0) is 13.0. The molecule has 0 bridgehead atoms. The van der Waals surface area contributed by atoms with E-state index < -0.39 is 5.91 Å². The van der Waals surface area contributed by atoms with Gasteiger partial charge in [0, 0.05) is 5.69 Å². The zero-order valence-corrected chi connectivity index (χ0v) is 9.55. The van der Waals surface area contributed by atoms with Crippen molar-refractivity contribution in [3.8, 4) is 0 Å². The highest BCUT2D eigenvalue weighted by molar-refractivity contribution is 6.04. The molecule has 3 N–H and O–H groups in total. The second-order valence-corrected chi connectivity index (χ2v) is 3.77. The summed E-state index contributed by atoms with van der Waals surface area (Å²) in [5.41, 5.74) is 6.83. The fourth-order valence-electron chi connectivity index (χ4n) is 1.57. The number of benzene rings is 1. The van der Waals surface area contributed by atoms with Crippen LogP contribution in [-0.4, -0.2) is 11.8 Å². The number of primary amides is 1. The predicted octanol–water partition coefficient (Wildman–Crippen LogP) is 1.56. The van der Waals surface area contributed by atoms with Gasteiger partial charge in [-0.1, -0.05) is 18.2 Å². The van der Waals surface area contributed by atoms with Gasteiger partial charge in [0.15, 0.2) is 0 Å². The molecule has 0 atom stereocenters. The number of carbonyl (C=O) groups excluding carboxylic acids is 2. The molecule has 18 heavy (non-hydrogen) atoms.